The summed E-state index contributed by atoms with van der Waals surface area (Å²) in [6.45, 7) is 6.69. The van der Waals surface area contributed by atoms with Crippen molar-refractivity contribution in [2.24, 2.45) is 0 Å². The highest BCUT2D eigenvalue weighted by atomic mass is 79.9. The molecule has 0 saturated carbocycles. The summed E-state index contributed by atoms with van der Waals surface area (Å²) in [6.07, 6.45) is 0.951. The third-order valence-corrected chi connectivity index (χ3v) is 3.35. The average molecular weight is 299 g/mol. The summed E-state index contributed by atoms with van der Waals surface area (Å²) in [7, 11) is 0. The zero-order chi connectivity index (χ0) is 12.7. The summed E-state index contributed by atoms with van der Waals surface area (Å²) in [5.74, 6) is -0.0119. The van der Waals surface area contributed by atoms with Crippen LogP contribution in [0.1, 0.15) is 29.3 Å². The fourth-order valence-electron chi connectivity index (χ4n) is 1.43. The number of rotatable bonds is 6. The van der Waals surface area contributed by atoms with Crippen LogP contribution in [0, 0.1) is 6.92 Å². The topological polar surface area (TPSA) is 41.1 Å². The molecule has 0 aliphatic rings. The van der Waals surface area contributed by atoms with Crippen LogP contribution >= 0.6 is 15.9 Å². The SMILES string of the molecule is CCNCCCNC(=O)c1ccc(C)c(Br)c1. The molecule has 0 aliphatic carbocycles. The van der Waals surface area contributed by atoms with Crippen molar-refractivity contribution in [2.75, 3.05) is 19.6 Å². The molecule has 17 heavy (non-hydrogen) atoms. The van der Waals surface area contributed by atoms with Crippen molar-refractivity contribution in [1.29, 1.82) is 0 Å². The summed E-state index contributed by atoms with van der Waals surface area (Å²) in [5.41, 5.74) is 1.83. The van der Waals surface area contributed by atoms with Gasteiger partial charge in [0.25, 0.3) is 5.91 Å². The minimum atomic E-state index is -0.0119. The summed E-state index contributed by atoms with van der Waals surface area (Å²) in [6, 6.07) is 5.65. The molecule has 0 unspecified atom stereocenters. The molecule has 0 atom stereocenters. The van der Waals surface area contributed by atoms with E-state index < -0.39 is 0 Å². The lowest BCUT2D eigenvalue weighted by Gasteiger charge is -2.06. The molecule has 3 nitrogen and oxygen atoms in total. The zero-order valence-corrected chi connectivity index (χ0v) is 11.9. The van der Waals surface area contributed by atoms with Crippen molar-refractivity contribution in [1.82, 2.24) is 10.6 Å². The van der Waals surface area contributed by atoms with Crippen LogP contribution in [0.15, 0.2) is 22.7 Å². The number of halogens is 1. The molecule has 0 radical (unpaired) electrons. The highest BCUT2D eigenvalue weighted by Crippen LogP contribution is 2.17. The molecule has 0 saturated heterocycles. The Bertz CT molecular complexity index is 380. The van der Waals surface area contributed by atoms with Gasteiger partial charge in [-0.15, -0.1) is 0 Å². The van der Waals surface area contributed by atoms with Crippen LogP contribution in [0.2, 0.25) is 0 Å². The van der Waals surface area contributed by atoms with E-state index >= 15 is 0 Å². The average Bonchev–Trinajstić information content (AvgIpc) is 2.32. The predicted octanol–water partition coefficient (Wildman–Crippen LogP) is 2.49. The monoisotopic (exact) mass is 298 g/mol. The van der Waals surface area contributed by atoms with Crippen molar-refractivity contribution >= 4 is 21.8 Å². The first kappa shape index (κ1) is 14.2. The van der Waals surface area contributed by atoms with Gasteiger partial charge in [0.05, 0.1) is 0 Å². The first-order valence-electron chi connectivity index (χ1n) is 5.90. The van der Waals surface area contributed by atoms with E-state index in [0.29, 0.717) is 12.1 Å². The molecular formula is C13H19BrN2O. The second-order valence-electron chi connectivity index (χ2n) is 3.93. The Morgan fingerprint density at radius 3 is 2.76 bits per heavy atom. The highest BCUT2D eigenvalue weighted by Gasteiger charge is 2.05. The van der Waals surface area contributed by atoms with Gasteiger partial charge in [0.15, 0.2) is 0 Å². The highest BCUT2D eigenvalue weighted by molar-refractivity contribution is 9.10. The third-order valence-electron chi connectivity index (χ3n) is 2.50. The Morgan fingerprint density at radius 2 is 2.12 bits per heavy atom. The van der Waals surface area contributed by atoms with Crippen LogP contribution in [-0.4, -0.2) is 25.5 Å². The molecule has 0 aromatic heterocycles. The summed E-state index contributed by atoms with van der Waals surface area (Å²) in [5, 5.41) is 6.12. The number of aryl methyl sites for hydroxylation is 1. The van der Waals surface area contributed by atoms with E-state index in [2.05, 4.69) is 33.5 Å². The number of hydrogen-bond acceptors (Lipinski definition) is 2. The number of carbonyl (C=O) groups is 1. The maximum atomic E-state index is 11.8. The number of amides is 1. The maximum Gasteiger partial charge on any atom is 0.251 e. The number of nitrogens with one attached hydrogen (secondary N) is 2. The van der Waals surface area contributed by atoms with Crippen LogP contribution in [0.3, 0.4) is 0 Å². The van der Waals surface area contributed by atoms with Crippen LogP contribution in [0.5, 0.6) is 0 Å². The summed E-state index contributed by atoms with van der Waals surface area (Å²) in [4.78, 5) is 11.8. The van der Waals surface area contributed by atoms with Gasteiger partial charge in [-0.1, -0.05) is 28.9 Å². The van der Waals surface area contributed by atoms with Gasteiger partial charge < -0.3 is 10.6 Å². The van der Waals surface area contributed by atoms with E-state index in [0.717, 1.165) is 29.5 Å². The molecule has 0 aliphatic heterocycles. The van der Waals surface area contributed by atoms with Gasteiger partial charge in [0.2, 0.25) is 0 Å². The van der Waals surface area contributed by atoms with Crippen molar-refractivity contribution in [3.8, 4) is 0 Å². The smallest absolute Gasteiger partial charge is 0.251 e. The second-order valence-corrected chi connectivity index (χ2v) is 4.78. The van der Waals surface area contributed by atoms with E-state index in [-0.39, 0.29) is 5.91 Å². The lowest BCUT2D eigenvalue weighted by Crippen LogP contribution is -2.27. The standard InChI is InChI=1S/C13H19BrN2O/c1-3-15-7-4-8-16-13(17)11-6-5-10(2)12(14)9-11/h5-6,9,15H,3-4,7-8H2,1-2H3,(H,16,17). The zero-order valence-electron chi connectivity index (χ0n) is 10.3. The van der Waals surface area contributed by atoms with Gasteiger partial charge in [0, 0.05) is 16.6 Å². The Hall–Kier alpha value is -0.870. The normalized spacial score (nSPS) is 10.3. The van der Waals surface area contributed by atoms with Crippen molar-refractivity contribution in [3.63, 3.8) is 0 Å². The van der Waals surface area contributed by atoms with Crippen LogP contribution in [-0.2, 0) is 0 Å². The van der Waals surface area contributed by atoms with Gasteiger partial charge in [-0.3, -0.25) is 4.79 Å². The Morgan fingerprint density at radius 1 is 1.35 bits per heavy atom. The lowest BCUT2D eigenvalue weighted by molar-refractivity contribution is 0.0953. The molecule has 0 fully saturated rings. The van der Waals surface area contributed by atoms with Crippen molar-refractivity contribution in [3.05, 3.63) is 33.8 Å². The van der Waals surface area contributed by atoms with Gasteiger partial charge in [-0.05, 0) is 44.1 Å². The molecular weight excluding hydrogens is 280 g/mol. The molecule has 2 N–H and O–H groups in total. The Balaban J connectivity index is 2.39. The van der Waals surface area contributed by atoms with Crippen LogP contribution in [0.4, 0.5) is 0 Å². The maximum absolute atomic E-state index is 11.8. The Kier molecular flexibility index (Phi) is 6.22. The second kappa shape index (κ2) is 7.45. The van der Waals surface area contributed by atoms with E-state index in [1.807, 2.05) is 25.1 Å². The summed E-state index contributed by atoms with van der Waals surface area (Å²) >= 11 is 3.43. The lowest BCUT2D eigenvalue weighted by atomic mass is 10.1. The molecule has 0 spiro atoms. The molecule has 4 heteroatoms. The molecule has 1 aromatic rings. The van der Waals surface area contributed by atoms with Crippen molar-refractivity contribution < 1.29 is 4.79 Å². The molecule has 0 heterocycles. The molecule has 1 aromatic carbocycles. The van der Waals surface area contributed by atoms with Crippen LogP contribution in [0.25, 0.3) is 0 Å². The minimum Gasteiger partial charge on any atom is -0.352 e. The van der Waals surface area contributed by atoms with Crippen molar-refractivity contribution in [2.45, 2.75) is 20.3 Å². The first-order valence-corrected chi connectivity index (χ1v) is 6.69. The fourth-order valence-corrected chi connectivity index (χ4v) is 1.81. The largest absolute Gasteiger partial charge is 0.352 e. The summed E-state index contributed by atoms with van der Waals surface area (Å²) < 4.78 is 0.970. The van der Waals surface area contributed by atoms with E-state index in [1.54, 1.807) is 0 Å². The number of benzene rings is 1. The quantitative estimate of drug-likeness (QED) is 0.792. The first-order chi connectivity index (χ1) is 8.15. The Labute approximate surface area is 111 Å². The van der Waals surface area contributed by atoms with Gasteiger partial charge in [-0.25, -0.2) is 0 Å². The predicted molar refractivity (Wildman–Crippen MR) is 74.4 cm³/mol. The number of carbonyl (C=O) groups excluding carboxylic acids is 1. The fraction of sp³-hybridized carbons (Fsp3) is 0.462. The molecule has 1 amide bonds. The molecule has 94 valence electrons. The van der Waals surface area contributed by atoms with Gasteiger partial charge in [0.1, 0.15) is 0 Å². The van der Waals surface area contributed by atoms with Gasteiger partial charge in [-0.2, -0.15) is 0 Å². The van der Waals surface area contributed by atoms with E-state index in [1.165, 1.54) is 0 Å². The van der Waals surface area contributed by atoms with Crippen LogP contribution < -0.4 is 10.6 Å². The minimum absolute atomic E-state index is 0.0119. The molecule has 0 bridgehead atoms. The number of hydrogen-bond donors (Lipinski definition) is 2. The van der Waals surface area contributed by atoms with Gasteiger partial charge >= 0.3 is 0 Å². The van der Waals surface area contributed by atoms with E-state index in [4.69, 9.17) is 0 Å². The molecule has 1 rings (SSSR count). The van der Waals surface area contributed by atoms with E-state index in [9.17, 15) is 4.79 Å². The third kappa shape index (κ3) is 4.88.